The van der Waals surface area contributed by atoms with Crippen LogP contribution in [-0.4, -0.2) is 19.3 Å². The highest BCUT2D eigenvalue weighted by Crippen LogP contribution is 2.39. The molecule has 3 rings (SSSR count). The molecule has 0 N–H and O–H groups in total. The minimum Gasteiger partial charge on any atom is -0.207 e. The summed E-state index contributed by atoms with van der Waals surface area (Å²) >= 11 is 0. The van der Waals surface area contributed by atoms with Crippen LogP contribution in [0.15, 0.2) is 59.5 Å². The monoisotopic (exact) mass is 315 g/mol. The normalized spacial score (nSPS) is 22.8. The summed E-state index contributed by atoms with van der Waals surface area (Å²) in [4.78, 5) is 0.383. The van der Waals surface area contributed by atoms with Crippen LogP contribution in [0.4, 0.5) is 0 Å². The Bertz CT molecular complexity index is 738. The largest absolute Gasteiger partial charge is 0.243 e. The van der Waals surface area contributed by atoms with Gasteiger partial charge in [0.15, 0.2) is 0 Å². The first-order chi connectivity index (χ1) is 10.5. The van der Waals surface area contributed by atoms with E-state index in [1.165, 1.54) is 0 Å². The third kappa shape index (κ3) is 2.81. The van der Waals surface area contributed by atoms with Gasteiger partial charge in [0.2, 0.25) is 10.0 Å². The van der Waals surface area contributed by atoms with Crippen molar-refractivity contribution in [1.82, 2.24) is 4.31 Å². The van der Waals surface area contributed by atoms with Crippen LogP contribution in [0.1, 0.15) is 30.5 Å². The van der Waals surface area contributed by atoms with Gasteiger partial charge in [-0.25, -0.2) is 8.42 Å². The molecular formula is C18H21NO2S. The highest BCUT2D eigenvalue weighted by molar-refractivity contribution is 7.89. The molecule has 1 saturated heterocycles. The molecule has 0 radical (unpaired) electrons. The molecule has 1 aliphatic heterocycles. The highest BCUT2D eigenvalue weighted by Gasteiger charge is 2.39. The summed E-state index contributed by atoms with van der Waals surface area (Å²) in [5, 5.41) is 0. The molecule has 2 aromatic rings. The molecule has 1 fully saturated rings. The predicted octanol–water partition coefficient (Wildman–Crippen LogP) is 3.77. The molecule has 0 spiro atoms. The maximum Gasteiger partial charge on any atom is 0.243 e. The zero-order valence-corrected chi connectivity index (χ0v) is 13.8. The SMILES string of the molecule is Cc1ccc(S(=O)(=O)N2C[C@H](C)C[C@@H]2c2ccccc2)cc1. The van der Waals surface area contributed by atoms with Crippen molar-refractivity contribution in [1.29, 1.82) is 0 Å². The van der Waals surface area contributed by atoms with Gasteiger partial charge in [-0.15, -0.1) is 0 Å². The van der Waals surface area contributed by atoms with Gasteiger partial charge >= 0.3 is 0 Å². The molecule has 2 aromatic carbocycles. The second-order valence-electron chi connectivity index (χ2n) is 6.16. The first-order valence-electron chi connectivity index (χ1n) is 7.62. The van der Waals surface area contributed by atoms with Crippen LogP contribution in [0.5, 0.6) is 0 Å². The molecule has 0 aromatic heterocycles. The number of rotatable bonds is 3. The van der Waals surface area contributed by atoms with Gasteiger partial charge in [0.1, 0.15) is 0 Å². The molecule has 0 unspecified atom stereocenters. The van der Waals surface area contributed by atoms with Gasteiger partial charge in [-0.05, 0) is 37.0 Å². The van der Waals surface area contributed by atoms with E-state index in [4.69, 9.17) is 0 Å². The van der Waals surface area contributed by atoms with E-state index in [0.717, 1.165) is 17.5 Å². The Balaban J connectivity index is 1.99. The lowest BCUT2D eigenvalue weighted by Crippen LogP contribution is -2.31. The number of sulfonamides is 1. The van der Waals surface area contributed by atoms with Gasteiger partial charge in [-0.2, -0.15) is 4.31 Å². The number of hydrogen-bond acceptors (Lipinski definition) is 2. The fourth-order valence-corrected chi connectivity index (χ4v) is 4.84. The fraction of sp³-hybridized carbons (Fsp3) is 0.333. The van der Waals surface area contributed by atoms with Gasteiger partial charge in [-0.1, -0.05) is 55.0 Å². The molecule has 1 heterocycles. The number of hydrogen-bond donors (Lipinski definition) is 0. The molecule has 0 amide bonds. The zero-order chi connectivity index (χ0) is 15.7. The third-order valence-electron chi connectivity index (χ3n) is 4.28. The summed E-state index contributed by atoms with van der Waals surface area (Å²) in [6, 6.07) is 17.0. The van der Waals surface area contributed by atoms with Gasteiger partial charge < -0.3 is 0 Å². The molecule has 2 atom stereocenters. The average Bonchev–Trinajstić information content (AvgIpc) is 2.91. The topological polar surface area (TPSA) is 37.4 Å². The lowest BCUT2D eigenvalue weighted by atomic mass is 10.0. The Kier molecular flexibility index (Phi) is 4.06. The molecular weight excluding hydrogens is 294 g/mol. The van der Waals surface area contributed by atoms with Crippen molar-refractivity contribution in [3.63, 3.8) is 0 Å². The minimum absolute atomic E-state index is 0.0671. The molecule has 0 saturated carbocycles. The van der Waals surface area contributed by atoms with Crippen LogP contribution >= 0.6 is 0 Å². The number of nitrogens with zero attached hydrogens (tertiary/aromatic N) is 1. The average molecular weight is 315 g/mol. The van der Waals surface area contributed by atoms with E-state index in [1.807, 2.05) is 49.4 Å². The van der Waals surface area contributed by atoms with E-state index < -0.39 is 10.0 Å². The van der Waals surface area contributed by atoms with Crippen molar-refractivity contribution in [2.45, 2.75) is 31.2 Å². The Morgan fingerprint density at radius 3 is 2.27 bits per heavy atom. The van der Waals surface area contributed by atoms with Crippen molar-refractivity contribution in [3.8, 4) is 0 Å². The maximum atomic E-state index is 13.0. The van der Waals surface area contributed by atoms with Gasteiger partial charge in [0.25, 0.3) is 0 Å². The highest BCUT2D eigenvalue weighted by atomic mass is 32.2. The van der Waals surface area contributed by atoms with Crippen LogP contribution in [0.3, 0.4) is 0 Å². The Morgan fingerprint density at radius 2 is 1.64 bits per heavy atom. The van der Waals surface area contributed by atoms with E-state index >= 15 is 0 Å². The van der Waals surface area contributed by atoms with Crippen molar-refractivity contribution >= 4 is 10.0 Å². The quantitative estimate of drug-likeness (QED) is 0.864. The Labute approximate surface area is 132 Å². The Morgan fingerprint density at radius 1 is 1.00 bits per heavy atom. The fourth-order valence-electron chi connectivity index (χ4n) is 3.10. The van der Waals surface area contributed by atoms with Crippen LogP contribution < -0.4 is 0 Å². The summed E-state index contributed by atoms with van der Waals surface area (Å²) < 4.78 is 27.7. The van der Waals surface area contributed by atoms with Gasteiger partial charge in [0.05, 0.1) is 10.9 Å². The first kappa shape index (κ1) is 15.3. The second-order valence-corrected chi connectivity index (χ2v) is 8.05. The molecule has 4 heteroatoms. The Hall–Kier alpha value is -1.65. The van der Waals surface area contributed by atoms with E-state index in [-0.39, 0.29) is 6.04 Å². The van der Waals surface area contributed by atoms with Crippen molar-refractivity contribution in [2.24, 2.45) is 5.92 Å². The molecule has 1 aliphatic rings. The van der Waals surface area contributed by atoms with Crippen molar-refractivity contribution < 1.29 is 8.42 Å². The minimum atomic E-state index is -3.45. The summed E-state index contributed by atoms with van der Waals surface area (Å²) in [7, 11) is -3.45. The third-order valence-corrected chi connectivity index (χ3v) is 6.17. The molecule has 0 bridgehead atoms. The number of benzene rings is 2. The van der Waals surface area contributed by atoms with Crippen LogP contribution in [0, 0.1) is 12.8 Å². The lowest BCUT2D eigenvalue weighted by molar-refractivity contribution is 0.394. The van der Waals surface area contributed by atoms with E-state index in [0.29, 0.717) is 17.4 Å². The molecule has 3 nitrogen and oxygen atoms in total. The van der Waals surface area contributed by atoms with Gasteiger partial charge in [0, 0.05) is 6.54 Å². The van der Waals surface area contributed by atoms with E-state index in [9.17, 15) is 8.42 Å². The van der Waals surface area contributed by atoms with Crippen molar-refractivity contribution in [2.75, 3.05) is 6.54 Å². The second kappa shape index (κ2) is 5.86. The zero-order valence-electron chi connectivity index (χ0n) is 12.9. The summed E-state index contributed by atoms with van der Waals surface area (Å²) in [5.74, 6) is 0.366. The van der Waals surface area contributed by atoms with Gasteiger partial charge in [-0.3, -0.25) is 0 Å². The lowest BCUT2D eigenvalue weighted by Gasteiger charge is -2.24. The summed E-state index contributed by atoms with van der Waals surface area (Å²) in [6.45, 7) is 4.65. The van der Waals surface area contributed by atoms with Crippen molar-refractivity contribution in [3.05, 3.63) is 65.7 Å². The summed E-state index contributed by atoms with van der Waals surface area (Å²) in [5.41, 5.74) is 2.14. The van der Waals surface area contributed by atoms with Crippen LogP contribution in [-0.2, 0) is 10.0 Å². The first-order valence-corrected chi connectivity index (χ1v) is 9.06. The molecule has 22 heavy (non-hydrogen) atoms. The van der Waals surface area contributed by atoms with E-state index in [1.54, 1.807) is 16.4 Å². The summed E-state index contributed by atoms with van der Waals surface area (Å²) in [6.07, 6.45) is 0.870. The van der Waals surface area contributed by atoms with Crippen LogP contribution in [0.2, 0.25) is 0 Å². The molecule has 116 valence electrons. The predicted molar refractivity (Wildman–Crippen MR) is 88.0 cm³/mol. The van der Waals surface area contributed by atoms with Crippen LogP contribution in [0.25, 0.3) is 0 Å². The van der Waals surface area contributed by atoms with E-state index in [2.05, 4.69) is 6.92 Å². The number of aryl methyl sites for hydroxylation is 1. The molecule has 0 aliphatic carbocycles. The maximum absolute atomic E-state index is 13.0. The smallest absolute Gasteiger partial charge is 0.207 e. The standard InChI is InChI=1S/C18H21NO2S/c1-14-8-10-17(11-9-14)22(20,21)19-13-15(2)12-18(19)16-6-4-3-5-7-16/h3-11,15,18H,12-13H2,1-2H3/t15-,18-/m1/s1.